The van der Waals surface area contributed by atoms with Gasteiger partial charge in [0.15, 0.2) is 0 Å². The maximum absolute atomic E-state index is 5.10. The third-order valence-electron chi connectivity index (χ3n) is 3.20. The van der Waals surface area contributed by atoms with E-state index in [-0.39, 0.29) is 0 Å². The normalized spacial score (nSPS) is 10.8. The van der Waals surface area contributed by atoms with Gasteiger partial charge in [0.05, 0.1) is 30.4 Å². The second-order valence-corrected chi connectivity index (χ2v) is 4.74. The second kappa shape index (κ2) is 7.70. The molecule has 20 heavy (non-hydrogen) atoms. The van der Waals surface area contributed by atoms with Crippen molar-refractivity contribution in [2.24, 2.45) is 0 Å². The van der Waals surface area contributed by atoms with Crippen molar-refractivity contribution in [3.05, 3.63) is 42.9 Å². The molecule has 1 aromatic heterocycles. The summed E-state index contributed by atoms with van der Waals surface area (Å²) in [6.45, 7) is 9.15. The molecule has 1 N–H and O–H groups in total. The molecule has 0 saturated carbocycles. The Morgan fingerprint density at radius 1 is 1.40 bits per heavy atom. The lowest BCUT2D eigenvalue weighted by Crippen LogP contribution is -2.19. The molecule has 0 saturated heterocycles. The topological polar surface area (TPSA) is 39.1 Å². The van der Waals surface area contributed by atoms with E-state index in [9.17, 15) is 0 Å². The zero-order valence-electron chi connectivity index (χ0n) is 12.1. The number of nitrogens with zero attached hydrogens (tertiary/aromatic N) is 2. The summed E-state index contributed by atoms with van der Waals surface area (Å²) in [5.74, 6) is 1.11. The molecule has 0 aliphatic rings. The Morgan fingerprint density at radius 2 is 2.25 bits per heavy atom. The monoisotopic (exact) mass is 273 g/mol. The van der Waals surface area contributed by atoms with Crippen LogP contribution < -0.4 is 5.32 Å². The first kappa shape index (κ1) is 14.6. The van der Waals surface area contributed by atoms with Crippen LogP contribution >= 0.6 is 0 Å². The summed E-state index contributed by atoms with van der Waals surface area (Å²) in [7, 11) is 0. The largest absolute Gasteiger partial charge is 0.502 e. The van der Waals surface area contributed by atoms with Gasteiger partial charge in [-0.25, -0.2) is 4.98 Å². The average molecular weight is 273 g/mol. The Kier molecular flexibility index (Phi) is 5.62. The Balaban J connectivity index is 1.97. The van der Waals surface area contributed by atoms with Crippen LogP contribution in [0, 0.1) is 0 Å². The number of nitrogens with one attached hydrogen (secondary N) is 1. The van der Waals surface area contributed by atoms with E-state index in [0.717, 1.165) is 43.8 Å². The lowest BCUT2D eigenvalue weighted by molar-refractivity contribution is 0.244. The van der Waals surface area contributed by atoms with Gasteiger partial charge in [-0.15, -0.1) is 0 Å². The van der Waals surface area contributed by atoms with Crippen LogP contribution in [0.2, 0.25) is 0 Å². The first-order chi connectivity index (χ1) is 9.86. The van der Waals surface area contributed by atoms with Gasteiger partial charge in [-0.3, -0.25) is 0 Å². The molecule has 0 atom stereocenters. The van der Waals surface area contributed by atoms with E-state index in [1.165, 1.54) is 11.8 Å². The molecular formula is C16H23N3O. The van der Waals surface area contributed by atoms with Gasteiger partial charge in [0.1, 0.15) is 5.82 Å². The Morgan fingerprint density at radius 3 is 3.05 bits per heavy atom. The molecule has 2 rings (SSSR count). The summed E-state index contributed by atoms with van der Waals surface area (Å²) in [5, 5.41) is 3.42. The molecule has 0 aliphatic carbocycles. The van der Waals surface area contributed by atoms with Crippen molar-refractivity contribution in [1.29, 1.82) is 0 Å². The molecule has 1 aromatic carbocycles. The molecule has 0 unspecified atom stereocenters. The minimum absolute atomic E-state index is 0.710. The van der Waals surface area contributed by atoms with E-state index in [2.05, 4.69) is 41.6 Å². The highest BCUT2D eigenvalue weighted by atomic mass is 16.5. The van der Waals surface area contributed by atoms with Crippen molar-refractivity contribution < 1.29 is 4.74 Å². The number of hydrogen-bond acceptors (Lipinski definition) is 3. The number of rotatable bonds is 9. The third-order valence-corrected chi connectivity index (χ3v) is 3.20. The average Bonchev–Trinajstić information content (AvgIpc) is 2.81. The lowest BCUT2D eigenvalue weighted by atomic mass is 10.3. The smallest absolute Gasteiger partial charge is 0.123 e. The summed E-state index contributed by atoms with van der Waals surface area (Å²) in [6.07, 6.45) is 3.57. The number of imidazole rings is 1. The van der Waals surface area contributed by atoms with Crippen LogP contribution in [-0.2, 0) is 17.8 Å². The van der Waals surface area contributed by atoms with Crippen molar-refractivity contribution in [2.75, 3.05) is 13.2 Å². The van der Waals surface area contributed by atoms with Crippen molar-refractivity contribution in [3.8, 4) is 0 Å². The molecular weight excluding hydrogens is 250 g/mol. The minimum atomic E-state index is 0.710. The van der Waals surface area contributed by atoms with Crippen LogP contribution in [-0.4, -0.2) is 22.7 Å². The Hall–Kier alpha value is -1.81. The van der Waals surface area contributed by atoms with Crippen LogP contribution in [0.1, 0.15) is 25.6 Å². The maximum Gasteiger partial charge on any atom is 0.123 e. The number of benzene rings is 1. The van der Waals surface area contributed by atoms with Crippen molar-refractivity contribution in [1.82, 2.24) is 14.9 Å². The van der Waals surface area contributed by atoms with E-state index in [4.69, 9.17) is 9.72 Å². The molecule has 0 spiro atoms. The van der Waals surface area contributed by atoms with Crippen LogP contribution in [0.4, 0.5) is 0 Å². The van der Waals surface area contributed by atoms with Gasteiger partial charge < -0.3 is 14.6 Å². The van der Waals surface area contributed by atoms with E-state index < -0.39 is 0 Å². The standard InChI is InChI=1S/C16H23N3O/c1-3-11-19-15-9-6-5-8-14(15)18-16(19)13-17-10-7-12-20-4-2/h4-6,8-9,17H,2-3,7,10-13H2,1H3. The summed E-state index contributed by atoms with van der Waals surface area (Å²) in [5.41, 5.74) is 2.30. The molecule has 1 heterocycles. The van der Waals surface area contributed by atoms with Crippen LogP contribution in [0.15, 0.2) is 37.1 Å². The Labute approximate surface area is 120 Å². The predicted molar refractivity (Wildman–Crippen MR) is 82.5 cm³/mol. The van der Waals surface area contributed by atoms with Gasteiger partial charge in [0.2, 0.25) is 0 Å². The van der Waals surface area contributed by atoms with E-state index >= 15 is 0 Å². The number of hydrogen-bond donors (Lipinski definition) is 1. The zero-order valence-corrected chi connectivity index (χ0v) is 12.1. The molecule has 4 heteroatoms. The molecule has 0 aliphatic heterocycles. The molecule has 2 aromatic rings. The van der Waals surface area contributed by atoms with E-state index in [0.29, 0.717) is 6.61 Å². The molecule has 0 fully saturated rings. The first-order valence-electron chi connectivity index (χ1n) is 7.24. The van der Waals surface area contributed by atoms with Crippen LogP contribution in [0.25, 0.3) is 11.0 Å². The molecule has 0 radical (unpaired) electrons. The molecule has 0 bridgehead atoms. The van der Waals surface area contributed by atoms with Crippen molar-refractivity contribution in [3.63, 3.8) is 0 Å². The molecule has 108 valence electrons. The lowest BCUT2D eigenvalue weighted by Gasteiger charge is -2.08. The maximum atomic E-state index is 5.10. The number of ether oxygens (including phenoxy) is 1. The number of fused-ring (bicyclic) bond motifs is 1. The zero-order chi connectivity index (χ0) is 14.2. The van der Waals surface area contributed by atoms with Gasteiger partial charge in [0.25, 0.3) is 0 Å². The highest BCUT2D eigenvalue weighted by Crippen LogP contribution is 2.16. The number of aryl methyl sites for hydroxylation is 1. The molecule has 4 nitrogen and oxygen atoms in total. The van der Waals surface area contributed by atoms with Gasteiger partial charge in [-0.1, -0.05) is 25.6 Å². The SMILES string of the molecule is C=COCCCNCc1nc2ccccc2n1CCC. The second-order valence-electron chi connectivity index (χ2n) is 4.74. The fourth-order valence-electron chi connectivity index (χ4n) is 2.30. The fraction of sp³-hybridized carbons (Fsp3) is 0.438. The minimum Gasteiger partial charge on any atom is -0.502 e. The van der Waals surface area contributed by atoms with Gasteiger partial charge >= 0.3 is 0 Å². The highest BCUT2D eigenvalue weighted by molar-refractivity contribution is 5.75. The van der Waals surface area contributed by atoms with Crippen LogP contribution in [0.3, 0.4) is 0 Å². The summed E-state index contributed by atoms with van der Waals surface area (Å²) < 4.78 is 7.41. The van der Waals surface area contributed by atoms with Gasteiger partial charge in [-0.2, -0.15) is 0 Å². The number of para-hydroxylation sites is 2. The summed E-state index contributed by atoms with van der Waals surface area (Å²) >= 11 is 0. The fourth-order valence-corrected chi connectivity index (χ4v) is 2.30. The third kappa shape index (κ3) is 3.61. The van der Waals surface area contributed by atoms with E-state index in [1.807, 2.05) is 6.07 Å². The van der Waals surface area contributed by atoms with Gasteiger partial charge in [-0.05, 0) is 31.5 Å². The highest BCUT2D eigenvalue weighted by Gasteiger charge is 2.08. The molecule has 0 amide bonds. The predicted octanol–water partition coefficient (Wildman–Crippen LogP) is 3.09. The first-order valence-corrected chi connectivity index (χ1v) is 7.24. The van der Waals surface area contributed by atoms with Crippen molar-refractivity contribution in [2.45, 2.75) is 32.9 Å². The van der Waals surface area contributed by atoms with E-state index in [1.54, 1.807) is 0 Å². The Bertz CT molecular complexity index is 548. The quantitative estimate of drug-likeness (QED) is 0.563. The van der Waals surface area contributed by atoms with Crippen molar-refractivity contribution >= 4 is 11.0 Å². The summed E-state index contributed by atoms with van der Waals surface area (Å²) in [4.78, 5) is 4.72. The van der Waals surface area contributed by atoms with Gasteiger partial charge in [0, 0.05) is 6.54 Å². The summed E-state index contributed by atoms with van der Waals surface area (Å²) in [6, 6.07) is 8.32. The van der Waals surface area contributed by atoms with Crippen LogP contribution in [0.5, 0.6) is 0 Å². The number of aromatic nitrogens is 2.